The predicted molar refractivity (Wildman–Crippen MR) is 312 cm³/mol. The Kier molecular flexibility index (Phi) is 48.4. The SMILES string of the molecule is CC/C=C\C/C=C\C/C=C\C/C=C\C/C=C\CCCCCCCCCCCC(=O)OC(COCCCCCCCCCC/C=C\C/C=C\C/C=C\C/C=C\C/C=C\CC)COC1OC(CO)C(O)C(OS(=O)(=O)O)C1O. The van der Waals surface area contributed by atoms with E-state index in [4.69, 9.17) is 18.9 Å². The number of carbonyl (C=O) groups is 1. The molecule has 1 aliphatic heterocycles. The van der Waals surface area contributed by atoms with Crippen molar-refractivity contribution in [2.75, 3.05) is 26.4 Å². The van der Waals surface area contributed by atoms with Crippen molar-refractivity contribution in [1.82, 2.24) is 0 Å². The lowest BCUT2D eigenvalue weighted by molar-refractivity contribution is -0.301. The highest BCUT2D eigenvalue weighted by Gasteiger charge is 2.48. The number of aliphatic hydroxyl groups excluding tert-OH is 3. The fourth-order valence-electron chi connectivity index (χ4n) is 8.26. The fourth-order valence-corrected chi connectivity index (χ4v) is 8.76. The molecular weight excluding hydrogens is 981 g/mol. The number of aliphatic hydroxyl groups is 3. The van der Waals surface area contributed by atoms with Gasteiger partial charge in [0.05, 0.1) is 19.8 Å². The molecule has 6 unspecified atom stereocenters. The number of esters is 1. The largest absolute Gasteiger partial charge is 0.457 e. The first-order chi connectivity index (χ1) is 37.1. The van der Waals surface area contributed by atoms with Crippen LogP contribution in [0.25, 0.3) is 0 Å². The maximum Gasteiger partial charge on any atom is 0.397 e. The summed E-state index contributed by atoms with van der Waals surface area (Å²) in [7, 11) is -5.08. The van der Waals surface area contributed by atoms with Gasteiger partial charge in [-0.25, -0.2) is 4.18 Å². The molecule has 0 spiro atoms. The van der Waals surface area contributed by atoms with E-state index in [1.54, 1.807) is 0 Å². The summed E-state index contributed by atoms with van der Waals surface area (Å²) in [6.45, 7) is 3.74. The van der Waals surface area contributed by atoms with E-state index >= 15 is 0 Å². The average molecular weight is 1090 g/mol. The second-order valence-corrected chi connectivity index (χ2v) is 20.5. The Bertz CT molecular complexity index is 1780. The molecule has 0 bridgehead atoms. The highest BCUT2D eigenvalue weighted by Crippen LogP contribution is 2.26. The molecule has 0 saturated carbocycles. The Hall–Kier alpha value is -3.50. The van der Waals surface area contributed by atoms with Gasteiger partial charge in [0, 0.05) is 13.0 Å². The molecule has 0 aromatic heterocycles. The topological polar surface area (TPSA) is 178 Å². The van der Waals surface area contributed by atoms with Crippen molar-refractivity contribution in [3.05, 3.63) is 122 Å². The predicted octanol–water partition coefficient (Wildman–Crippen LogP) is 14.9. The van der Waals surface area contributed by atoms with Crippen LogP contribution in [0, 0.1) is 0 Å². The quantitative estimate of drug-likeness (QED) is 0.0196. The summed E-state index contributed by atoms with van der Waals surface area (Å²) in [6.07, 6.45) is 66.5. The summed E-state index contributed by atoms with van der Waals surface area (Å²) in [4.78, 5) is 13.0. The summed E-state index contributed by atoms with van der Waals surface area (Å²) >= 11 is 0. The number of allylic oxidation sites excluding steroid dienone is 20. The van der Waals surface area contributed by atoms with Crippen LogP contribution in [-0.2, 0) is 38.3 Å². The Morgan fingerprint density at radius 1 is 0.500 bits per heavy atom. The van der Waals surface area contributed by atoms with Crippen LogP contribution >= 0.6 is 0 Å². The van der Waals surface area contributed by atoms with E-state index < -0.39 is 59.8 Å². The second kappa shape index (κ2) is 52.2. The van der Waals surface area contributed by atoms with Gasteiger partial charge in [0.25, 0.3) is 0 Å². The van der Waals surface area contributed by atoms with Crippen LogP contribution in [0.4, 0.5) is 0 Å². The van der Waals surface area contributed by atoms with E-state index in [9.17, 15) is 33.1 Å². The molecule has 0 radical (unpaired) electrons. The van der Waals surface area contributed by atoms with Gasteiger partial charge in [0.15, 0.2) is 6.29 Å². The Morgan fingerprint density at radius 3 is 1.26 bits per heavy atom. The van der Waals surface area contributed by atoms with Crippen molar-refractivity contribution in [3.63, 3.8) is 0 Å². The van der Waals surface area contributed by atoms with Crippen molar-refractivity contribution < 1.29 is 56.2 Å². The van der Waals surface area contributed by atoms with Crippen LogP contribution in [0.2, 0.25) is 0 Å². The smallest absolute Gasteiger partial charge is 0.397 e. The normalized spacial score (nSPS) is 19.5. The van der Waals surface area contributed by atoms with Crippen LogP contribution in [0.5, 0.6) is 0 Å². The molecule has 1 saturated heterocycles. The van der Waals surface area contributed by atoms with Gasteiger partial charge >= 0.3 is 16.4 Å². The molecule has 6 atom stereocenters. The monoisotopic (exact) mass is 1080 g/mol. The minimum absolute atomic E-state index is 0.0196. The molecular formula is C63H104O12S. The van der Waals surface area contributed by atoms with Gasteiger partial charge in [-0.05, 0) is 103 Å². The van der Waals surface area contributed by atoms with Crippen LogP contribution in [-0.4, -0.2) is 97.5 Å². The highest BCUT2D eigenvalue weighted by atomic mass is 32.3. The average Bonchev–Trinajstić information content (AvgIpc) is 3.40. The molecule has 1 rings (SSSR count). The summed E-state index contributed by atoms with van der Waals surface area (Å²) in [5.41, 5.74) is 0. The van der Waals surface area contributed by atoms with Crippen molar-refractivity contribution in [1.29, 1.82) is 0 Å². The van der Waals surface area contributed by atoms with E-state index in [0.717, 1.165) is 122 Å². The molecule has 1 aliphatic rings. The van der Waals surface area contributed by atoms with Gasteiger partial charge < -0.3 is 34.3 Å². The fraction of sp³-hybridized carbons (Fsp3) is 0.667. The van der Waals surface area contributed by atoms with E-state index in [1.165, 1.54) is 57.8 Å². The van der Waals surface area contributed by atoms with Gasteiger partial charge in [0.1, 0.15) is 30.5 Å². The molecule has 0 aliphatic carbocycles. The van der Waals surface area contributed by atoms with Gasteiger partial charge in [0.2, 0.25) is 0 Å². The minimum Gasteiger partial charge on any atom is -0.457 e. The van der Waals surface area contributed by atoms with Crippen molar-refractivity contribution >= 4 is 16.4 Å². The first kappa shape index (κ1) is 70.5. The number of hydrogen-bond acceptors (Lipinski definition) is 11. The minimum atomic E-state index is -5.08. The Balaban J connectivity index is 2.32. The van der Waals surface area contributed by atoms with Crippen LogP contribution in [0.1, 0.15) is 206 Å². The van der Waals surface area contributed by atoms with Gasteiger partial charge in [-0.2, -0.15) is 8.42 Å². The molecule has 0 amide bonds. The maximum absolute atomic E-state index is 13.0. The summed E-state index contributed by atoms with van der Waals surface area (Å²) in [5, 5.41) is 30.9. The first-order valence-corrected chi connectivity index (χ1v) is 30.7. The lowest BCUT2D eigenvalue weighted by Gasteiger charge is -2.41. The van der Waals surface area contributed by atoms with E-state index in [1.807, 2.05) is 0 Å². The van der Waals surface area contributed by atoms with E-state index in [2.05, 4.69) is 140 Å². The molecule has 4 N–H and O–H groups in total. The summed E-state index contributed by atoms with van der Waals surface area (Å²) < 4.78 is 59.5. The molecule has 0 aromatic carbocycles. The van der Waals surface area contributed by atoms with Crippen molar-refractivity contribution in [2.24, 2.45) is 0 Å². The molecule has 1 heterocycles. The van der Waals surface area contributed by atoms with E-state index in [0.29, 0.717) is 13.0 Å². The number of carbonyl (C=O) groups excluding carboxylic acids is 1. The zero-order chi connectivity index (χ0) is 55.3. The number of unbranched alkanes of at least 4 members (excludes halogenated alkanes) is 17. The van der Waals surface area contributed by atoms with Crippen LogP contribution in [0.15, 0.2) is 122 Å². The lowest BCUT2D eigenvalue weighted by Crippen LogP contribution is -2.60. The zero-order valence-corrected chi connectivity index (χ0v) is 47.8. The molecule has 12 nitrogen and oxygen atoms in total. The third-order valence-electron chi connectivity index (χ3n) is 12.6. The summed E-state index contributed by atoms with van der Waals surface area (Å²) in [5.74, 6) is -0.413. The summed E-state index contributed by atoms with van der Waals surface area (Å²) in [6, 6.07) is 0. The number of rotatable bonds is 50. The molecule has 0 aromatic rings. The number of ether oxygens (including phenoxy) is 4. The molecule has 1 fully saturated rings. The van der Waals surface area contributed by atoms with Crippen molar-refractivity contribution in [2.45, 2.75) is 243 Å². The Morgan fingerprint density at radius 2 is 0.868 bits per heavy atom. The van der Waals surface area contributed by atoms with Gasteiger partial charge in [-0.15, -0.1) is 0 Å². The standard InChI is InChI=1S/C63H104O12S/c1-3-5-7-9-11-13-15-17-19-21-23-25-27-29-30-32-34-36-38-40-42-44-46-48-50-52-59(65)73-57(56-72-63-61(67)62(75-76(68,69)70)60(66)58(54-64)74-63)55-71-53-51-49-47-45-43-41-39-37-35-33-31-28-26-24-22-20-18-16-14-12-10-8-6-4-2/h5-8,11-14,17-20,23-26,29-31,33,57-58,60-64,66-67H,3-4,9-10,15-16,21-22,27-28,32,34-56H2,1-2H3,(H,68,69,70)/b7-5-,8-6-,13-11-,14-12-,19-17-,20-18-,25-23-,26-24-,30-29-,33-31-. The Labute approximate surface area is 461 Å². The molecule has 76 heavy (non-hydrogen) atoms. The third kappa shape index (κ3) is 44.5. The lowest BCUT2D eigenvalue weighted by atomic mass is 9.99. The van der Waals surface area contributed by atoms with E-state index in [-0.39, 0.29) is 19.6 Å². The molecule has 434 valence electrons. The first-order valence-electron chi connectivity index (χ1n) is 29.3. The molecule has 13 heteroatoms. The van der Waals surface area contributed by atoms with Crippen LogP contribution < -0.4 is 0 Å². The second-order valence-electron chi connectivity index (χ2n) is 19.5. The van der Waals surface area contributed by atoms with Crippen LogP contribution in [0.3, 0.4) is 0 Å². The van der Waals surface area contributed by atoms with Crippen molar-refractivity contribution in [3.8, 4) is 0 Å². The highest BCUT2D eigenvalue weighted by molar-refractivity contribution is 7.80. The maximum atomic E-state index is 13.0. The number of hydrogen-bond donors (Lipinski definition) is 4. The third-order valence-corrected chi connectivity index (χ3v) is 13.0. The zero-order valence-electron chi connectivity index (χ0n) is 47.0. The van der Waals surface area contributed by atoms with Gasteiger partial charge in [-0.1, -0.05) is 219 Å². The van der Waals surface area contributed by atoms with Gasteiger partial charge in [-0.3, -0.25) is 9.35 Å².